The Balaban J connectivity index is 0.00000171. The van der Waals surface area contributed by atoms with Crippen LogP contribution >= 0.6 is 48.0 Å². The van der Waals surface area contributed by atoms with E-state index < -0.39 is 0 Å². The SMILES string of the molecule is Cl.Cl.ClCCN(CCCl)CCCNc1c2ccccc2nc2cc3ccccc3cc12. The molecule has 3 nitrogen and oxygen atoms in total. The first kappa shape index (κ1) is 25.8. The highest BCUT2D eigenvalue weighted by Gasteiger charge is 2.10. The summed E-state index contributed by atoms with van der Waals surface area (Å²) >= 11 is 11.8. The highest BCUT2D eigenvalue weighted by atomic mass is 35.5. The molecule has 0 radical (unpaired) electrons. The lowest BCUT2D eigenvalue weighted by molar-refractivity contribution is 0.306. The van der Waals surface area contributed by atoms with E-state index in [1.165, 1.54) is 16.2 Å². The lowest BCUT2D eigenvalue weighted by atomic mass is 10.0. The molecule has 0 atom stereocenters. The maximum atomic E-state index is 5.91. The number of pyridine rings is 1. The van der Waals surface area contributed by atoms with Gasteiger partial charge < -0.3 is 10.2 Å². The minimum Gasteiger partial charge on any atom is -0.384 e. The number of hydrogen-bond donors (Lipinski definition) is 1. The van der Waals surface area contributed by atoms with Gasteiger partial charge in [0.05, 0.1) is 16.7 Å². The zero-order chi connectivity index (χ0) is 20.1. The molecule has 1 N–H and O–H groups in total. The van der Waals surface area contributed by atoms with Gasteiger partial charge in [-0.3, -0.25) is 0 Å². The van der Waals surface area contributed by atoms with E-state index in [4.69, 9.17) is 28.2 Å². The quantitative estimate of drug-likeness (QED) is 0.153. The molecule has 7 heteroatoms. The number of anilines is 1. The van der Waals surface area contributed by atoms with Gasteiger partial charge in [0.15, 0.2) is 0 Å². The van der Waals surface area contributed by atoms with Gasteiger partial charge in [-0.05, 0) is 41.9 Å². The maximum Gasteiger partial charge on any atom is 0.0736 e. The van der Waals surface area contributed by atoms with Gasteiger partial charge in [-0.1, -0.05) is 42.5 Å². The summed E-state index contributed by atoms with van der Waals surface area (Å²) in [6, 6.07) is 21.2. The molecule has 4 rings (SSSR count). The number of benzene rings is 3. The predicted molar refractivity (Wildman–Crippen MR) is 142 cm³/mol. The summed E-state index contributed by atoms with van der Waals surface area (Å²) in [4.78, 5) is 7.23. The molecule has 0 saturated carbocycles. The highest BCUT2D eigenvalue weighted by molar-refractivity contribution is 6.18. The van der Waals surface area contributed by atoms with E-state index >= 15 is 0 Å². The third-order valence-corrected chi connectivity index (χ3v) is 5.64. The van der Waals surface area contributed by atoms with E-state index in [0.29, 0.717) is 11.8 Å². The molecule has 0 unspecified atom stereocenters. The summed E-state index contributed by atoms with van der Waals surface area (Å²) in [7, 11) is 0. The molecule has 0 aliphatic rings. The van der Waals surface area contributed by atoms with Crippen molar-refractivity contribution in [2.75, 3.05) is 43.3 Å². The molecule has 3 aromatic carbocycles. The van der Waals surface area contributed by atoms with Crippen molar-refractivity contribution in [1.82, 2.24) is 9.88 Å². The number of rotatable bonds is 9. The van der Waals surface area contributed by atoms with Gasteiger partial charge in [-0.25, -0.2) is 4.98 Å². The van der Waals surface area contributed by atoms with Crippen LogP contribution in [0.2, 0.25) is 0 Å². The number of alkyl halides is 2. The molecule has 0 aliphatic carbocycles. The molecular weight excluding hydrogens is 472 g/mol. The summed E-state index contributed by atoms with van der Waals surface area (Å²) in [6.07, 6.45) is 1.03. The average molecular weight is 499 g/mol. The van der Waals surface area contributed by atoms with Crippen LogP contribution in [0, 0.1) is 0 Å². The molecule has 1 heterocycles. The van der Waals surface area contributed by atoms with Crippen LogP contribution in [0.15, 0.2) is 60.7 Å². The summed E-state index contributed by atoms with van der Waals surface area (Å²) in [6.45, 7) is 3.62. The van der Waals surface area contributed by atoms with Gasteiger partial charge in [-0.2, -0.15) is 0 Å². The van der Waals surface area contributed by atoms with Gasteiger partial charge >= 0.3 is 0 Å². The Morgan fingerprint density at radius 2 is 1.39 bits per heavy atom. The van der Waals surface area contributed by atoms with Crippen molar-refractivity contribution in [2.45, 2.75) is 6.42 Å². The van der Waals surface area contributed by atoms with Crippen molar-refractivity contribution in [3.63, 3.8) is 0 Å². The molecule has 0 bridgehead atoms. The summed E-state index contributed by atoms with van der Waals surface area (Å²) < 4.78 is 0. The van der Waals surface area contributed by atoms with Crippen LogP contribution in [0.1, 0.15) is 6.42 Å². The zero-order valence-electron chi connectivity index (χ0n) is 17.2. The normalized spacial score (nSPS) is 10.9. The second-order valence-corrected chi connectivity index (χ2v) is 7.98. The number of para-hydroxylation sites is 1. The Bertz CT molecular complexity index is 1110. The number of aromatic nitrogens is 1. The van der Waals surface area contributed by atoms with E-state index in [0.717, 1.165) is 54.7 Å². The standard InChI is InChI=1S/C24H25Cl2N3.2ClH/c25-10-14-29(15-11-26)13-5-12-27-24-20-8-3-4-9-22(20)28-23-17-19-7-2-1-6-18(19)16-21(23)24;;/h1-4,6-9,16-17H,5,10-15H2,(H,27,28);2*1H. The molecule has 0 amide bonds. The van der Waals surface area contributed by atoms with Crippen molar-refractivity contribution in [3.05, 3.63) is 60.7 Å². The smallest absolute Gasteiger partial charge is 0.0736 e. The van der Waals surface area contributed by atoms with Crippen LogP contribution in [0.5, 0.6) is 0 Å². The predicted octanol–water partition coefficient (Wildman–Crippen LogP) is 6.97. The Hall–Kier alpha value is -1.49. The third kappa shape index (κ3) is 6.06. The van der Waals surface area contributed by atoms with E-state index in [-0.39, 0.29) is 24.8 Å². The molecule has 0 saturated heterocycles. The van der Waals surface area contributed by atoms with Gasteiger partial charge in [0, 0.05) is 42.2 Å². The van der Waals surface area contributed by atoms with Crippen LogP contribution in [0.3, 0.4) is 0 Å². The first-order valence-electron chi connectivity index (χ1n) is 10.1. The Morgan fingerprint density at radius 1 is 0.742 bits per heavy atom. The number of nitrogens with one attached hydrogen (secondary N) is 1. The van der Waals surface area contributed by atoms with Crippen molar-refractivity contribution >= 4 is 86.3 Å². The number of hydrogen-bond acceptors (Lipinski definition) is 3. The van der Waals surface area contributed by atoms with E-state index in [9.17, 15) is 0 Å². The Morgan fingerprint density at radius 3 is 2.10 bits per heavy atom. The van der Waals surface area contributed by atoms with Gasteiger partial charge in [0.1, 0.15) is 0 Å². The third-order valence-electron chi connectivity index (χ3n) is 5.30. The highest BCUT2D eigenvalue weighted by Crippen LogP contribution is 2.33. The molecule has 166 valence electrons. The topological polar surface area (TPSA) is 28.2 Å². The summed E-state index contributed by atoms with van der Waals surface area (Å²) in [5, 5.41) is 8.48. The second-order valence-electron chi connectivity index (χ2n) is 7.22. The molecule has 0 fully saturated rings. The minimum atomic E-state index is 0. The zero-order valence-corrected chi connectivity index (χ0v) is 20.3. The largest absolute Gasteiger partial charge is 0.384 e. The fourth-order valence-corrected chi connectivity index (χ4v) is 4.34. The lowest BCUT2D eigenvalue weighted by Gasteiger charge is -2.20. The molecule has 0 spiro atoms. The van der Waals surface area contributed by atoms with E-state index in [1.807, 2.05) is 6.07 Å². The maximum absolute atomic E-state index is 5.91. The van der Waals surface area contributed by atoms with E-state index in [2.05, 4.69) is 64.8 Å². The number of halogens is 4. The summed E-state index contributed by atoms with van der Waals surface area (Å²) in [5.74, 6) is 1.27. The van der Waals surface area contributed by atoms with E-state index in [1.54, 1.807) is 0 Å². The molecule has 4 aromatic rings. The van der Waals surface area contributed by atoms with Crippen molar-refractivity contribution < 1.29 is 0 Å². The van der Waals surface area contributed by atoms with Crippen molar-refractivity contribution in [3.8, 4) is 0 Å². The molecule has 0 aliphatic heterocycles. The fourth-order valence-electron chi connectivity index (χ4n) is 3.86. The monoisotopic (exact) mass is 497 g/mol. The lowest BCUT2D eigenvalue weighted by Crippen LogP contribution is -2.30. The number of nitrogens with zero attached hydrogens (tertiary/aromatic N) is 2. The van der Waals surface area contributed by atoms with Crippen LogP contribution in [0.25, 0.3) is 32.6 Å². The van der Waals surface area contributed by atoms with Crippen molar-refractivity contribution in [2.24, 2.45) is 0 Å². The molecule has 31 heavy (non-hydrogen) atoms. The van der Waals surface area contributed by atoms with Gasteiger partial charge in [-0.15, -0.1) is 48.0 Å². The Kier molecular flexibility index (Phi) is 10.4. The van der Waals surface area contributed by atoms with Gasteiger partial charge in [0.25, 0.3) is 0 Å². The first-order valence-corrected chi connectivity index (χ1v) is 11.2. The number of fused-ring (bicyclic) bond motifs is 3. The fraction of sp³-hybridized carbons (Fsp3) is 0.292. The first-order chi connectivity index (χ1) is 14.3. The van der Waals surface area contributed by atoms with Crippen LogP contribution < -0.4 is 5.32 Å². The van der Waals surface area contributed by atoms with Crippen molar-refractivity contribution in [1.29, 1.82) is 0 Å². The molecular formula is C24H27Cl4N3. The average Bonchev–Trinajstić information content (AvgIpc) is 2.75. The second kappa shape index (κ2) is 12.5. The molecule has 1 aromatic heterocycles. The van der Waals surface area contributed by atoms with Gasteiger partial charge in [0.2, 0.25) is 0 Å². The minimum absolute atomic E-state index is 0. The van der Waals surface area contributed by atoms with Crippen LogP contribution in [0.4, 0.5) is 5.69 Å². The Labute approximate surface area is 205 Å². The van der Waals surface area contributed by atoms with Crippen LogP contribution in [-0.4, -0.2) is 47.8 Å². The van der Waals surface area contributed by atoms with Crippen LogP contribution in [-0.2, 0) is 0 Å². The summed E-state index contributed by atoms with van der Waals surface area (Å²) in [5.41, 5.74) is 3.21.